The zero-order valence-electron chi connectivity index (χ0n) is 35.6. The van der Waals surface area contributed by atoms with Crippen LogP contribution in [0.2, 0.25) is 0 Å². The van der Waals surface area contributed by atoms with Gasteiger partial charge in [0.1, 0.15) is 5.75 Å². The normalized spacial score (nSPS) is 14.8. The van der Waals surface area contributed by atoms with Gasteiger partial charge in [-0.3, -0.25) is 14.5 Å². The number of phenols is 1. The molecule has 8 rings (SSSR count). The maximum absolute atomic E-state index is 14.0. The number of ether oxygens (including phenoxy) is 1. The van der Waals surface area contributed by atoms with Gasteiger partial charge in [-0.15, -0.1) is 11.3 Å². The molecule has 64 heavy (non-hydrogen) atoms. The van der Waals surface area contributed by atoms with Gasteiger partial charge in [-0.25, -0.2) is 4.79 Å². The highest BCUT2D eigenvalue weighted by Crippen LogP contribution is 2.36. The first kappa shape index (κ1) is 44.2. The van der Waals surface area contributed by atoms with Crippen molar-refractivity contribution in [1.82, 2.24) is 20.5 Å². The lowest BCUT2D eigenvalue weighted by molar-refractivity contribution is -0.164. The third-order valence-electron chi connectivity index (χ3n) is 12.1. The average molecular weight is 877 g/mol. The van der Waals surface area contributed by atoms with Gasteiger partial charge in [0.15, 0.2) is 0 Å². The van der Waals surface area contributed by atoms with E-state index in [0.29, 0.717) is 40.7 Å². The van der Waals surface area contributed by atoms with Crippen molar-refractivity contribution in [3.8, 4) is 16.2 Å². The van der Waals surface area contributed by atoms with Crippen molar-refractivity contribution < 1.29 is 29.6 Å². The van der Waals surface area contributed by atoms with Crippen molar-refractivity contribution >= 4 is 34.1 Å². The van der Waals surface area contributed by atoms with Crippen LogP contribution in [0.5, 0.6) is 5.75 Å². The number of nitrogens with one attached hydrogen (secondary N) is 3. The molecular weight excluding hydrogens is 825 g/mol. The quantitative estimate of drug-likeness (QED) is 0.0534. The topological polar surface area (TPSA) is 164 Å². The summed E-state index contributed by atoms with van der Waals surface area (Å²) in [6, 6.07) is 42.2. The number of amides is 1. The SMILES string of the molecule is Cc1cc(C(=O)NCc2ccc(-c3cccc(C(O)(C(=O)OCC4CCN(Cc5ccccc5)CC4)c4ccccc4)c3)s2)ccc1CNCC(O)c1ccc(O)c2[nH]c(=O)ccc12. The minimum atomic E-state index is -2.02. The molecule has 0 spiro atoms. The molecule has 328 valence electrons. The number of phenolic OH excluding ortho intramolecular Hbond substituents is 1. The predicted octanol–water partition coefficient (Wildman–Crippen LogP) is 7.72. The number of carbonyl (C=O) groups excluding carboxylic acids is 2. The van der Waals surface area contributed by atoms with Crippen LogP contribution in [0.3, 0.4) is 0 Å². The van der Waals surface area contributed by atoms with Crippen molar-refractivity contribution in [3.63, 3.8) is 0 Å². The first-order valence-electron chi connectivity index (χ1n) is 21.6. The predicted molar refractivity (Wildman–Crippen MR) is 250 cm³/mol. The van der Waals surface area contributed by atoms with Crippen LogP contribution in [0.4, 0.5) is 0 Å². The summed E-state index contributed by atoms with van der Waals surface area (Å²) in [6.45, 7) is 5.91. The Morgan fingerprint density at radius 3 is 2.38 bits per heavy atom. The molecule has 0 aliphatic carbocycles. The largest absolute Gasteiger partial charge is 0.506 e. The zero-order chi connectivity index (χ0) is 44.6. The molecule has 2 atom stereocenters. The number of aromatic nitrogens is 1. The third-order valence-corrected chi connectivity index (χ3v) is 13.2. The van der Waals surface area contributed by atoms with E-state index in [0.717, 1.165) is 58.9 Å². The number of benzene rings is 5. The van der Waals surface area contributed by atoms with Gasteiger partial charge in [0, 0.05) is 52.0 Å². The Labute approximate surface area is 376 Å². The summed E-state index contributed by atoms with van der Waals surface area (Å²) >= 11 is 1.52. The number of aliphatic hydroxyl groups is 2. The van der Waals surface area contributed by atoms with Crippen LogP contribution >= 0.6 is 11.3 Å². The van der Waals surface area contributed by atoms with E-state index in [1.807, 2.05) is 61.5 Å². The monoisotopic (exact) mass is 876 g/mol. The number of hydrogen-bond acceptors (Lipinski definition) is 10. The zero-order valence-corrected chi connectivity index (χ0v) is 36.4. The molecule has 12 heteroatoms. The number of fused-ring (bicyclic) bond motifs is 1. The minimum absolute atomic E-state index is 0.0647. The van der Waals surface area contributed by atoms with E-state index in [1.54, 1.807) is 48.5 Å². The summed E-state index contributed by atoms with van der Waals surface area (Å²) < 4.78 is 5.95. The number of aryl methyl sites for hydroxylation is 1. The number of aromatic hydroxyl groups is 1. The van der Waals surface area contributed by atoms with Crippen LogP contribution in [0.15, 0.2) is 144 Å². The highest BCUT2D eigenvalue weighted by Gasteiger charge is 2.42. The number of piperidine rings is 1. The van der Waals surface area contributed by atoms with Crippen molar-refractivity contribution in [2.75, 3.05) is 26.2 Å². The van der Waals surface area contributed by atoms with Crippen LogP contribution in [0, 0.1) is 12.8 Å². The third kappa shape index (κ3) is 10.2. The van der Waals surface area contributed by atoms with E-state index < -0.39 is 17.7 Å². The highest BCUT2D eigenvalue weighted by atomic mass is 32.1. The number of esters is 1. The van der Waals surface area contributed by atoms with E-state index >= 15 is 0 Å². The summed E-state index contributed by atoms with van der Waals surface area (Å²) in [5.41, 5.74) is 3.87. The van der Waals surface area contributed by atoms with Crippen molar-refractivity contribution in [2.24, 2.45) is 5.92 Å². The fourth-order valence-electron chi connectivity index (χ4n) is 8.37. The number of likely N-dealkylation sites (tertiary alicyclic amines) is 1. The Balaban J connectivity index is 0.861. The number of hydrogen-bond donors (Lipinski definition) is 6. The molecule has 1 aliphatic heterocycles. The van der Waals surface area contributed by atoms with Gasteiger partial charge >= 0.3 is 5.97 Å². The second kappa shape index (κ2) is 20.0. The van der Waals surface area contributed by atoms with E-state index in [9.17, 15) is 29.7 Å². The smallest absolute Gasteiger partial charge is 0.347 e. The highest BCUT2D eigenvalue weighted by molar-refractivity contribution is 7.15. The number of thiophene rings is 1. The van der Waals surface area contributed by atoms with E-state index in [-0.39, 0.29) is 41.8 Å². The molecule has 7 aromatic rings. The van der Waals surface area contributed by atoms with Crippen molar-refractivity contribution in [3.05, 3.63) is 194 Å². The Hall–Kier alpha value is -6.41. The maximum atomic E-state index is 14.0. The van der Waals surface area contributed by atoms with Crippen LogP contribution in [-0.2, 0) is 34.8 Å². The standard InChI is InChI=1S/C52H52N4O7S/c1-34-27-38(15-16-39(34)29-53-31-46(58)43-18-20-45(57)49-44(43)19-22-48(59)55-49)50(60)54-30-42-17-21-47(64-42)37-11-8-14-41(28-37)52(62,40-12-6-3-7-13-40)51(61)63-33-36-23-25-56(26-24-36)32-35-9-4-2-5-10-35/h2-22,27-28,36,46,53,57-58,62H,23-26,29-33H2,1H3,(H,54,60)(H,55,59). The van der Waals surface area contributed by atoms with E-state index in [1.165, 1.54) is 29.0 Å². The first-order valence-corrected chi connectivity index (χ1v) is 22.4. The Morgan fingerprint density at radius 2 is 1.61 bits per heavy atom. The summed E-state index contributed by atoms with van der Waals surface area (Å²) in [7, 11) is 0. The second-order valence-corrected chi connectivity index (χ2v) is 17.7. The molecule has 3 heterocycles. The molecule has 2 aromatic heterocycles. The molecule has 11 nitrogen and oxygen atoms in total. The van der Waals surface area contributed by atoms with Crippen LogP contribution in [0.1, 0.15) is 67.6 Å². The number of rotatable bonds is 16. The molecular formula is C52H52N4O7S. The molecule has 0 bridgehead atoms. The van der Waals surface area contributed by atoms with Crippen LogP contribution < -0.4 is 16.2 Å². The minimum Gasteiger partial charge on any atom is -0.506 e. The van der Waals surface area contributed by atoms with Crippen LogP contribution in [-0.4, -0.2) is 63.3 Å². The Bertz CT molecular complexity index is 2780. The van der Waals surface area contributed by atoms with Gasteiger partial charge in [-0.05, 0) is 115 Å². The lowest BCUT2D eigenvalue weighted by Crippen LogP contribution is -2.40. The van der Waals surface area contributed by atoms with Gasteiger partial charge in [0.2, 0.25) is 11.2 Å². The summed E-state index contributed by atoms with van der Waals surface area (Å²) in [6.07, 6.45) is 0.927. The number of carbonyl (C=O) groups is 2. The first-order chi connectivity index (χ1) is 31.0. The molecule has 2 unspecified atom stereocenters. The summed E-state index contributed by atoms with van der Waals surface area (Å²) in [5, 5.41) is 40.3. The fraction of sp³-hybridized carbons (Fsp3) is 0.250. The van der Waals surface area contributed by atoms with E-state index in [2.05, 4.69) is 44.8 Å². The number of H-pyrrole nitrogens is 1. The molecule has 6 N–H and O–H groups in total. The lowest BCUT2D eigenvalue weighted by atomic mass is 9.85. The van der Waals surface area contributed by atoms with Gasteiger partial charge in [-0.1, -0.05) is 91.0 Å². The Morgan fingerprint density at radius 1 is 0.859 bits per heavy atom. The van der Waals surface area contributed by atoms with Crippen LogP contribution in [0.25, 0.3) is 21.3 Å². The molecule has 5 aromatic carbocycles. The maximum Gasteiger partial charge on any atom is 0.347 e. The van der Waals surface area contributed by atoms with Crippen molar-refractivity contribution in [2.45, 2.75) is 51.1 Å². The van der Waals surface area contributed by atoms with Gasteiger partial charge in [-0.2, -0.15) is 0 Å². The molecule has 1 aliphatic rings. The Kier molecular flexibility index (Phi) is 13.8. The molecule has 0 saturated carbocycles. The summed E-state index contributed by atoms with van der Waals surface area (Å²) in [4.78, 5) is 46.0. The molecule has 1 fully saturated rings. The van der Waals surface area contributed by atoms with Gasteiger partial charge in [0.25, 0.3) is 5.91 Å². The molecule has 1 amide bonds. The average Bonchev–Trinajstić information content (AvgIpc) is 3.81. The second-order valence-electron chi connectivity index (χ2n) is 16.5. The number of aromatic amines is 1. The molecule has 0 radical (unpaired) electrons. The van der Waals surface area contributed by atoms with E-state index in [4.69, 9.17) is 4.74 Å². The number of nitrogens with zero attached hydrogens (tertiary/aromatic N) is 1. The number of aliphatic hydroxyl groups excluding tert-OH is 1. The number of pyridine rings is 1. The van der Waals surface area contributed by atoms with Gasteiger partial charge in [0.05, 0.1) is 24.8 Å². The molecule has 1 saturated heterocycles. The van der Waals surface area contributed by atoms with Crippen molar-refractivity contribution in [1.29, 1.82) is 0 Å². The lowest BCUT2D eigenvalue weighted by Gasteiger charge is -2.33. The summed E-state index contributed by atoms with van der Waals surface area (Å²) in [5.74, 6) is -0.765. The van der Waals surface area contributed by atoms with Gasteiger partial charge < -0.3 is 35.7 Å². The fourth-order valence-corrected chi connectivity index (χ4v) is 9.31.